The lowest BCUT2D eigenvalue weighted by atomic mass is 10.1. The zero-order valence-electron chi connectivity index (χ0n) is 18.3. The molecule has 0 heterocycles. The van der Waals surface area contributed by atoms with E-state index in [4.69, 9.17) is 9.47 Å². The van der Waals surface area contributed by atoms with Crippen molar-refractivity contribution >= 4 is 35.0 Å². The fourth-order valence-electron chi connectivity index (χ4n) is 3.00. The van der Waals surface area contributed by atoms with Crippen molar-refractivity contribution in [2.45, 2.75) is 23.5 Å². The van der Waals surface area contributed by atoms with E-state index in [-0.39, 0.29) is 17.1 Å². The maximum atomic E-state index is 12.6. The Balaban J connectivity index is 1.54. The molecule has 0 aliphatic rings. The van der Waals surface area contributed by atoms with Gasteiger partial charge in [-0.1, -0.05) is 30.3 Å². The molecule has 3 rings (SSSR count). The quantitative estimate of drug-likeness (QED) is 0.449. The van der Waals surface area contributed by atoms with Crippen LogP contribution in [0.15, 0.2) is 77.7 Å². The number of nitrogens with one attached hydrogen (secondary N) is 2. The van der Waals surface area contributed by atoms with Crippen molar-refractivity contribution in [3.8, 4) is 11.5 Å². The van der Waals surface area contributed by atoms with Gasteiger partial charge in [-0.05, 0) is 48.9 Å². The number of carbonyl (C=O) groups excluding carboxylic acids is 2. The highest BCUT2D eigenvalue weighted by atomic mass is 32.2. The zero-order valence-corrected chi connectivity index (χ0v) is 19.1. The number of hydrogen-bond donors (Lipinski definition) is 2. The highest BCUT2D eigenvalue weighted by molar-refractivity contribution is 8.00. The van der Waals surface area contributed by atoms with Crippen LogP contribution < -0.4 is 20.1 Å². The van der Waals surface area contributed by atoms with E-state index in [0.717, 1.165) is 16.1 Å². The molecule has 0 fully saturated rings. The number of benzene rings is 3. The Kier molecular flexibility index (Phi) is 8.16. The number of ether oxygens (including phenoxy) is 2. The first kappa shape index (κ1) is 23.2. The number of hydrogen-bond acceptors (Lipinski definition) is 5. The van der Waals surface area contributed by atoms with Gasteiger partial charge in [0.25, 0.3) is 0 Å². The first-order valence-corrected chi connectivity index (χ1v) is 11.0. The van der Waals surface area contributed by atoms with Crippen molar-refractivity contribution in [1.82, 2.24) is 0 Å². The molecular formula is C25H26N2O4S. The van der Waals surface area contributed by atoms with Crippen molar-refractivity contribution in [2.24, 2.45) is 0 Å². The summed E-state index contributed by atoms with van der Waals surface area (Å²) in [6, 6.07) is 22.3. The van der Waals surface area contributed by atoms with Crippen LogP contribution in [-0.4, -0.2) is 31.3 Å². The number of methoxy groups -OCH3 is 2. The SMILES string of the molecule is COc1ccc(NC(=O)C(C)Sc2ccc(NC(=O)Cc3ccccc3)cc2)c(OC)c1. The van der Waals surface area contributed by atoms with Crippen LogP contribution in [0.1, 0.15) is 12.5 Å². The molecule has 0 saturated carbocycles. The Hall–Kier alpha value is -3.45. The Morgan fingerprint density at radius 2 is 1.62 bits per heavy atom. The number of rotatable bonds is 9. The molecule has 32 heavy (non-hydrogen) atoms. The first-order valence-electron chi connectivity index (χ1n) is 10.1. The predicted molar refractivity (Wildman–Crippen MR) is 129 cm³/mol. The standard InChI is InChI=1S/C25H26N2O4S/c1-17(25(29)27-22-14-11-20(30-2)16-23(22)31-3)32-21-12-9-19(10-13-21)26-24(28)15-18-7-5-4-6-8-18/h4-14,16-17H,15H2,1-3H3,(H,26,28)(H,27,29). The molecule has 1 atom stereocenters. The summed E-state index contributed by atoms with van der Waals surface area (Å²) in [5, 5.41) is 5.46. The molecule has 0 radical (unpaired) electrons. The van der Waals surface area contributed by atoms with Crippen LogP contribution in [0.25, 0.3) is 0 Å². The lowest BCUT2D eigenvalue weighted by molar-refractivity contribution is -0.116. The van der Waals surface area contributed by atoms with Crippen LogP contribution in [0, 0.1) is 0 Å². The van der Waals surface area contributed by atoms with Crippen LogP contribution in [0.4, 0.5) is 11.4 Å². The molecule has 0 aliphatic heterocycles. The first-order chi connectivity index (χ1) is 15.5. The van der Waals surface area contributed by atoms with E-state index in [1.54, 1.807) is 32.4 Å². The maximum absolute atomic E-state index is 12.6. The van der Waals surface area contributed by atoms with E-state index in [9.17, 15) is 9.59 Å². The van der Waals surface area contributed by atoms with Crippen LogP contribution in [0.5, 0.6) is 11.5 Å². The Bertz CT molecular complexity index is 1060. The Morgan fingerprint density at radius 3 is 2.28 bits per heavy atom. The lowest BCUT2D eigenvalue weighted by Crippen LogP contribution is -2.22. The van der Waals surface area contributed by atoms with E-state index in [1.165, 1.54) is 11.8 Å². The predicted octanol–water partition coefficient (Wildman–Crippen LogP) is 5.00. The van der Waals surface area contributed by atoms with Gasteiger partial charge in [0.05, 0.1) is 31.6 Å². The Morgan fingerprint density at radius 1 is 0.906 bits per heavy atom. The second-order valence-corrected chi connectivity index (χ2v) is 8.46. The molecule has 166 valence electrons. The highest BCUT2D eigenvalue weighted by Crippen LogP contribution is 2.31. The summed E-state index contributed by atoms with van der Waals surface area (Å²) in [7, 11) is 3.12. The monoisotopic (exact) mass is 450 g/mol. The minimum Gasteiger partial charge on any atom is -0.497 e. The molecular weight excluding hydrogens is 424 g/mol. The number of amides is 2. The fourth-order valence-corrected chi connectivity index (χ4v) is 3.86. The maximum Gasteiger partial charge on any atom is 0.237 e. The van der Waals surface area contributed by atoms with Gasteiger partial charge in [0, 0.05) is 16.6 Å². The number of anilines is 2. The van der Waals surface area contributed by atoms with E-state index in [2.05, 4.69) is 10.6 Å². The van der Waals surface area contributed by atoms with Crippen LogP contribution in [0.2, 0.25) is 0 Å². The van der Waals surface area contributed by atoms with Gasteiger partial charge >= 0.3 is 0 Å². The molecule has 0 aromatic heterocycles. The molecule has 0 aliphatic carbocycles. The summed E-state index contributed by atoms with van der Waals surface area (Å²) in [4.78, 5) is 25.8. The summed E-state index contributed by atoms with van der Waals surface area (Å²) >= 11 is 1.43. The summed E-state index contributed by atoms with van der Waals surface area (Å²) in [6.07, 6.45) is 0.323. The molecule has 3 aromatic carbocycles. The van der Waals surface area contributed by atoms with Crippen molar-refractivity contribution in [3.05, 3.63) is 78.4 Å². The minimum absolute atomic E-state index is 0.0715. The van der Waals surface area contributed by atoms with Gasteiger partial charge in [0.1, 0.15) is 11.5 Å². The topological polar surface area (TPSA) is 76.7 Å². The third-order valence-corrected chi connectivity index (χ3v) is 5.81. The fraction of sp³-hybridized carbons (Fsp3) is 0.200. The van der Waals surface area contributed by atoms with Gasteiger partial charge in [0.2, 0.25) is 11.8 Å². The molecule has 0 bridgehead atoms. The van der Waals surface area contributed by atoms with Crippen molar-refractivity contribution in [3.63, 3.8) is 0 Å². The Labute approximate surface area is 192 Å². The van der Waals surface area contributed by atoms with Gasteiger partial charge < -0.3 is 20.1 Å². The summed E-state index contributed by atoms with van der Waals surface area (Å²) < 4.78 is 10.5. The van der Waals surface area contributed by atoms with E-state index in [0.29, 0.717) is 23.6 Å². The molecule has 0 saturated heterocycles. The summed E-state index contributed by atoms with van der Waals surface area (Å²) in [5.41, 5.74) is 2.27. The van der Waals surface area contributed by atoms with Crippen LogP contribution >= 0.6 is 11.8 Å². The number of carbonyl (C=O) groups is 2. The van der Waals surface area contributed by atoms with Gasteiger partial charge in [-0.3, -0.25) is 9.59 Å². The van der Waals surface area contributed by atoms with Gasteiger partial charge in [0.15, 0.2) is 0 Å². The lowest BCUT2D eigenvalue weighted by Gasteiger charge is -2.15. The molecule has 2 N–H and O–H groups in total. The largest absolute Gasteiger partial charge is 0.497 e. The van der Waals surface area contributed by atoms with Crippen molar-refractivity contribution in [1.29, 1.82) is 0 Å². The normalized spacial score (nSPS) is 11.3. The second-order valence-electron chi connectivity index (χ2n) is 7.05. The second kappa shape index (κ2) is 11.2. The average molecular weight is 451 g/mol. The smallest absolute Gasteiger partial charge is 0.237 e. The average Bonchev–Trinajstić information content (AvgIpc) is 2.81. The third kappa shape index (κ3) is 6.52. The highest BCUT2D eigenvalue weighted by Gasteiger charge is 2.17. The number of thioether (sulfide) groups is 1. The van der Waals surface area contributed by atoms with Crippen molar-refractivity contribution < 1.29 is 19.1 Å². The molecule has 1 unspecified atom stereocenters. The third-order valence-electron chi connectivity index (χ3n) is 4.69. The molecule has 2 amide bonds. The zero-order chi connectivity index (χ0) is 22.9. The van der Waals surface area contributed by atoms with E-state index in [1.807, 2.05) is 61.5 Å². The van der Waals surface area contributed by atoms with E-state index < -0.39 is 0 Å². The molecule has 3 aromatic rings. The molecule has 7 heteroatoms. The van der Waals surface area contributed by atoms with E-state index >= 15 is 0 Å². The summed E-state index contributed by atoms with van der Waals surface area (Å²) in [6.45, 7) is 1.84. The van der Waals surface area contributed by atoms with Crippen molar-refractivity contribution in [2.75, 3.05) is 24.9 Å². The molecule has 6 nitrogen and oxygen atoms in total. The van der Waals surface area contributed by atoms with Gasteiger partial charge in [-0.25, -0.2) is 0 Å². The minimum atomic E-state index is -0.333. The van der Waals surface area contributed by atoms with Gasteiger partial charge in [-0.2, -0.15) is 0 Å². The van der Waals surface area contributed by atoms with Crippen LogP contribution in [0.3, 0.4) is 0 Å². The van der Waals surface area contributed by atoms with Gasteiger partial charge in [-0.15, -0.1) is 11.8 Å². The molecule has 0 spiro atoms. The van der Waals surface area contributed by atoms with Crippen LogP contribution in [-0.2, 0) is 16.0 Å². The summed E-state index contributed by atoms with van der Waals surface area (Å²) in [5.74, 6) is 0.972.